The lowest BCUT2D eigenvalue weighted by molar-refractivity contribution is 0.341. The van der Waals surface area contributed by atoms with Crippen LogP contribution >= 0.6 is 11.8 Å². The number of anilines is 1. The number of rotatable bonds is 4. The average Bonchev–Trinajstić information content (AvgIpc) is 2.76. The van der Waals surface area contributed by atoms with E-state index in [-0.39, 0.29) is 0 Å². The van der Waals surface area contributed by atoms with Crippen LogP contribution in [0.5, 0.6) is 5.75 Å². The van der Waals surface area contributed by atoms with E-state index in [4.69, 9.17) is 10.5 Å². The molecular weight excluding hydrogens is 224 g/mol. The van der Waals surface area contributed by atoms with Gasteiger partial charge in [0.1, 0.15) is 12.1 Å². The molecule has 1 aromatic heterocycles. The van der Waals surface area contributed by atoms with Crippen LogP contribution in [0.1, 0.15) is 6.92 Å². The standard InChI is InChI=1S/C10H12N4OS/c1-2-15-9-5-7(3-4-8(9)11)16-10-12-6-13-14-10/h3-6H,2,11H2,1H3,(H,12,13,14). The van der Waals surface area contributed by atoms with Gasteiger partial charge >= 0.3 is 0 Å². The minimum Gasteiger partial charge on any atom is -0.492 e. The number of aromatic nitrogens is 3. The Labute approximate surface area is 97.4 Å². The summed E-state index contributed by atoms with van der Waals surface area (Å²) in [5.74, 6) is 0.701. The highest BCUT2D eigenvalue weighted by Gasteiger charge is 2.04. The van der Waals surface area contributed by atoms with Crippen LogP contribution in [-0.2, 0) is 0 Å². The van der Waals surface area contributed by atoms with Crippen LogP contribution in [0.3, 0.4) is 0 Å². The molecule has 0 aliphatic carbocycles. The molecule has 0 saturated carbocycles. The van der Waals surface area contributed by atoms with Gasteiger partial charge in [-0.3, -0.25) is 5.10 Å². The predicted octanol–water partition coefficient (Wildman–Crippen LogP) is 1.94. The molecule has 3 N–H and O–H groups in total. The van der Waals surface area contributed by atoms with E-state index < -0.39 is 0 Å². The van der Waals surface area contributed by atoms with Crippen molar-refractivity contribution in [2.75, 3.05) is 12.3 Å². The van der Waals surface area contributed by atoms with Crippen molar-refractivity contribution < 1.29 is 4.74 Å². The van der Waals surface area contributed by atoms with Gasteiger partial charge in [-0.05, 0) is 25.1 Å². The van der Waals surface area contributed by atoms with Crippen molar-refractivity contribution >= 4 is 17.4 Å². The second kappa shape index (κ2) is 4.89. The van der Waals surface area contributed by atoms with E-state index in [1.165, 1.54) is 18.1 Å². The summed E-state index contributed by atoms with van der Waals surface area (Å²) in [6.45, 7) is 2.52. The Morgan fingerprint density at radius 1 is 1.50 bits per heavy atom. The molecule has 0 atom stereocenters. The van der Waals surface area contributed by atoms with E-state index in [0.29, 0.717) is 18.0 Å². The molecule has 84 valence electrons. The van der Waals surface area contributed by atoms with Gasteiger partial charge in [0, 0.05) is 4.90 Å². The quantitative estimate of drug-likeness (QED) is 0.793. The van der Waals surface area contributed by atoms with Crippen LogP contribution in [-0.4, -0.2) is 21.8 Å². The molecule has 0 radical (unpaired) electrons. The number of nitrogens with one attached hydrogen (secondary N) is 1. The van der Waals surface area contributed by atoms with Gasteiger partial charge in [0.2, 0.25) is 0 Å². The van der Waals surface area contributed by atoms with Crippen LogP contribution in [0, 0.1) is 0 Å². The van der Waals surface area contributed by atoms with Crippen LogP contribution in [0.2, 0.25) is 0 Å². The van der Waals surface area contributed by atoms with E-state index in [0.717, 1.165) is 10.1 Å². The lowest BCUT2D eigenvalue weighted by atomic mass is 10.3. The minimum atomic E-state index is 0.598. The molecule has 0 spiro atoms. The lowest BCUT2D eigenvalue weighted by Gasteiger charge is -2.07. The van der Waals surface area contributed by atoms with E-state index in [1.807, 2.05) is 25.1 Å². The first-order chi connectivity index (χ1) is 7.79. The number of H-pyrrole nitrogens is 1. The summed E-state index contributed by atoms with van der Waals surface area (Å²) in [6, 6.07) is 5.64. The molecule has 0 bridgehead atoms. The number of benzene rings is 1. The van der Waals surface area contributed by atoms with E-state index in [2.05, 4.69) is 15.2 Å². The van der Waals surface area contributed by atoms with Gasteiger partial charge < -0.3 is 10.5 Å². The molecule has 16 heavy (non-hydrogen) atoms. The molecule has 0 fully saturated rings. The van der Waals surface area contributed by atoms with Crippen molar-refractivity contribution in [3.8, 4) is 5.75 Å². The Morgan fingerprint density at radius 3 is 3.06 bits per heavy atom. The first-order valence-electron chi connectivity index (χ1n) is 4.85. The molecule has 2 rings (SSSR count). The van der Waals surface area contributed by atoms with Crippen molar-refractivity contribution in [3.05, 3.63) is 24.5 Å². The summed E-state index contributed by atoms with van der Waals surface area (Å²) in [6.07, 6.45) is 1.48. The van der Waals surface area contributed by atoms with Gasteiger partial charge in [-0.2, -0.15) is 5.10 Å². The maximum absolute atomic E-state index is 5.78. The SMILES string of the molecule is CCOc1cc(Sc2ncn[nH]2)ccc1N. The second-order valence-electron chi connectivity index (χ2n) is 3.03. The lowest BCUT2D eigenvalue weighted by Crippen LogP contribution is -1.96. The van der Waals surface area contributed by atoms with Gasteiger partial charge in [0.05, 0.1) is 12.3 Å². The Hall–Kier alpha value is -1.69. The molecule has 2 aromatic rings. The van der Waals surface area contributed by atoms with Crippen LogP contribution in [0.4, 0.5) is 5.69 Å². The van der Waals surface area contributed by atoms with Gasteiger partial charge in [-0.15, -0.1) is 0 Å². The summed E-state index contributed by atoms with van der Waals surface area (Å²) < 4.78 is 5.41. The van der Waals surface area contributed by atoms with E-state index >= 15 is 0 Å². The largest absolute Gasteiger partial charge is 0.492 e. The van der Waals surface area contributed by atoms with Gasteiger partial charge in [-0.1, -0.05) is 11.8 Å². The molecule has 0 saturated heterocycles. The average molecular weight is 236 g/mol. The van der Waals surface area contributed by atoms with Crippen LogP contribution < -0.4 is 10.5 Å². The Morgan fingerprint density at radius 2 is 2.38 bits per heavy atom. The maximum atomic E-state index is 5.78. The molecule has 6 heteroatoms. The number of nitrogens with two attached hydrogens (primary N) is 1. The highest BCUT2D eigenvalue weighted by atomic mass is 32.2. The smallest absolute Gasteiger partial charge is 0.188 e. The number of aromatic amines is 1. The maximum Gasteiger partial charge on any atom is 0.188 e. The third kappa shape index (κ3) is 2.46. The summed E-state index contributed by atoms with van der Waals surface area (Å²) in [5.41, 5.74) is 6.42. The number of nitrogen functional groups attached to an aromatic ring is 1. The highest BCUT2D eigenvalue weighted by molar-refractivity contribution is 7.99. The minimum absolute atomic E-state index is 0.598. The molecule has 1 aromatic carbocycles. The number of nitrogens with zero attached hydrogens (tertiary/aromatic N) is 2. The Balaban J connectivity index is 2.19. The monoisotopic (exact) mass is 236 g/mol. The molecular formula is C10H12N4OS. The summed E-state index contributed by atoms with van der Waals surface area (Å²) in [4.78, 5) is 5.04. The number of hydrogen-bond donors (Lipinski definition) is 2. The third-order valence-electron chi connectivity index (χ3n) is 1.89. The van der Waals surface area contributed by atoms with Crippen molar-refractivity contribution in [2.24, 2.45) is 0 Å². The molecule has 0 aliphatic heterocycles. The zero-order valence-electron chi connectivity index (χ0n) is 8.80. The van der Waals surface area contributed by atoms with Crippen molar-refractivity contribution in [3.63, 3.8) is 0 Å². The molecule has 0 aliphatic rings. The molecule has 0 unspecified atom stereocenters. The van der Waals surface area contributed by atoms with Crippen LogP contribution in [0.15, 0.2) is 34.6 Å². The molecule has 5 nitrogen and oxygen atoms in total. The van der Waals surface area contributed by atoms with Crippen molar-refractivity contribution in [2.45, 2.75) is 17.0 Å². The van der Waals surface area contributed by atoms with E-state index in [9.17, 15) is 0 Å². The molecule has 1 heterocycles. The Kier molecular flexibility index (Phi) is 3.31. The third-order valence-corrected chi connectivity index (χ3v) is 2.77. The zero-order chi connectivity index (χ0) is 11.4. The van der Waals surface area contributed by atoms with Gasteiger partial charge in [0.15, 0.2) is 5.16 Å². The summed E-state index contributed by atoms with van der Waals surface area (Å²) in [7, 11) is 0. The van der Waals surface area contributed by atoms with Gasteiger partial charge in [-0.25, -0.2) is 4.98 Å². The summed E-state index contributed by atoms with van der Waals surface area (Å²) >= 11 is 1.48. The normalized spacial score (nSPS) is 10.3. The summed E-state index contributed by atoms with van der Waals surface area (Å²) in [5, 5.41) is 7.31. The fraction of sp³-hybridized carbons (Fsp3) is 0.200. The second-order valence-corrected chi connectivity index (χ2v) is 4.09. The fourth-order valence-corrected chi connectivity index (χ4v) is 1.94. The Bertz CT molecular complexity index is 458. The van der Waals surface area contributed by atoms with Gasteiger partial charge in [0.25, 0.3) is 0 Å². The van der Waals surface area contributed by atoms with Crippen molar-refractivity contribution in [1.29, 1.82) is 0 Å². The first kappa shape index (κ1) is 10.8. The predicted molar refractivity (Wildman–Crippen MR) is 62.5 cm³/mol. The number of hydrogen-bond acceptors (Lipinski definition) is 5. The van der Waals surface area contributed by atoms with E-state index in [1.54, 1.807) is 0 Å². The fourth-order valence-electron chi connectivity index (χ4n) is 1.21. The highest BCUT2D eigenvalue weighted by Crippen LogP contribution is 2.31. The van der Waals surface area contributed by atoms with Crippen molar-refractivity contribution in [1.82, 2.24) is 15.2 Å². The van der Waals surface area contributed by atoms with Crippen LogP contribution in [0.25, 0.3) is 0 Å². The zero-order valence-corrected chi connectivity index (χ0v) is 9.62. The number of ether oxygens (including phenoxy) is 1. The topological polar surface area (TPSA) is 76.8 Å². The first-order valence-corrected chi connectivity index (χ1v) is 5.66. The molecule has 0 amide bonds.